The molecule has 0 radical (unpaired) electrons. The summed E-state index contributed by atoms with van der Waals surface area (Å²) in [5.41, 5.74) is 4.18. The first-order valence-electron chi connectivity index (χ1n) is 8.42. The molecular formula is C19H25N3O2. The molecule has 0 saturated carbocycles. The van der Waals surface area contributed by atoms with Crippen LogP contribution in [0.3, 0.4) is 0 Å². The summed E-state index contributed by atoms with van der Waals surface area (Å²) in [5.74, 6) is -0.0389. The van der Waals surface area contributed by atoms with E-state index in [9.17, 15) is 4.79 Å². The van der Waals surface area contributed by atoms with Gasteiger partial charge in [0.1, 0.15) is 5.69 Å². The zero-order valence-electron chi connectivity index (χ0n) is 14.4. The molecule has 128 valence electrons. The number of benzene rings is 1. The molecule has 0 atom stereocenters. The van der Waals surface area contributed by atoms with E-state index in [1.807, 2.05) is 30.7 Å². The van der Waals surface area contributed by atoms with Crippen molar-refractivity contribution in [2.45, 2.75) is 20.0 Å². The minimum absolute atomic E-state index is 0.0389. The number of carbonyl (C=O) groups excluding carboxylic acids is 1. The molecule has 1 fully saturated rings. The topological polar surface area (TPSA) is 46.5 Å². The fourth-order valence-electron chi connectivity index (χ4n) is 2.89. The molecule has 3 rings (SSSR count). The van der Waals surface area contributed by atoms with Crippen LogP contribution < -0.4 is 5.32 Å². The Morgan fingerprint density at radius 2 is 1.75 bits per heavy atom. The molecule has 1 aromatic heterocycles. The minimum Gasteiger partial charge on any atom is -0.379 e. The Labute approximate surface area is 143 Å². The molecule has 0 unspecified atom stereocenters. The lowest BCUT2D eigenvalue weighted by atomic mass is 10.1. The van der Waals surface area contributed by atoms with Crippen LogP contribution in [-0.4, -0.2) is 41.7 Å². The van der Waals surface area contributed by atoms with E-state index in [1.54, 1.807) is 0 Å². The van der Waals surface area contributed by atoms with Crippen LogP contribution in [0.4, 0.5) is 0 Å². The van der Waals surface area contributed by atoms with Crippen LogP contribution in [-0.2, 0) is 24.9 Å². The summed E-state index contributed by atoms with van der Waals surface area (Å²) in [7, 11) is 1.91. The highest BCUT2D eigenvalue weighted by Gasteiger charge is 2.12. The molecule has 2 heterocycles. The van der Waals surface area contributed by atoms with Gasteiger partial charge in [-0.1, -0.05) is 24.3 Å². The van der Waals surface area contributed by atoms with Crippen LogP contribution in [0.2, 0.25) is 0 Å². The molecule has 0 aliphatic carbocycles. The molecule has 0 bridgehead atoms. The smallest absolute Gasteiger partial charge is 0.268 e. The Balaban J connectivity index is 1.52. The second-order valence-electron chi connectivity index (χ2n) is 6.31. The number of aryl methyl sites for hydroxylation is 1. The average Bonchev–Trinajstić information content (AvgIpc) is 2.94. The monoisotopic (exact) mass is 327 g/mol. The van der Waals surface area contributed by atoms with Crippen LogP contribution in [0, 0.1) is 6.92 Å². The minimum atomic E-state index is -0.0389. The molecule has 2 aromatic rings. The standard InChI is InChI=1S/C19H25N3O2/c1-15-3-8-18(21(15)2)19(23)20-13-16-4-6-17(7-5-16)14-22-9-11-24-12-10-22/h3-8H,9-14H2,1-2H3,(H,20,23). The quantitative estimate of drug-likeness (QED) is 0.915. The number of ether oxygens (including phenoxy) is 1. The zero-order chi connectivity index (χ0) is 16.9. The van der Waals surface area contributed by atoms with E-state index in [1.165, 1.54) is 5.56 Å². The Morgan fingerprint density at radius 3 is 2.38 bits per heavy atom. The lowest BCUT2D eigenvalue weighted by molar-refractivity contribution is 0.0342. The first-order chi connectivity index (χ1) is 11.6. The summed E-state index contributed by atoms with van der Waals surface area (Å²) < 4.78 is 7.28. The fourth-order valence-corrected chi connectivity index (χ4v) is 2.89. The van der Waals surface area contributed by atoms with Crippen molar-refractivity contribution in [3.63, 3.8) is 0 Å². The first kappa shape index (κ1) is 16.7. The normalized spacial score (nSPS) is 15.4. The SMILES string of the molecule is Cc1ccc(C(=O)NCc2ccc(CN3CCOCC3)cc2)n1C. The fraction of sp³-hybridized carbons (Fsp3) is 0.421. The van der Waals surface area contributed by atoms with Crippen molar-refractivity contribution in [3.8, 4) is 0 Å². The third-order valence-electron chi connectivity index (χ3n) is 4.59. The number of hydrogen-bond donors (Lipinski definition) is 1. The maximum atomic E-state index is 12.2. The van der Waals surface area contributed by atoms with Crippen LogP contribution >= 0.6 is 0 Å². The van der Waals surface area contributed by atoms with Gasteiger partial charge in [0.2, 0.25) is 0 Å². The molecule has 1 saturated heterocycles. The highest BCUT2D eigenvalue weighted by atomic mass is 16.5. The number of nitrogens with one attached hydrogen (secondary N) is 1. The number of morpholine rings is 1. The van der Waals surface area contributed by atoms with Crippen molar-refractivity contribution in [2.24, 2.45) is 7.05 Å². The van der Waals surface area contributed by atoms with Gasteiger partial charge in [0.15, 0.2) is 0 Å². The number of rotatable bonds is 5. The molecule has 1 amide bonds. The largest absolute Gasteiger partial charge is 0.379 e. The van der Waals surface area contributed by atoms with Crippen LogP contribution in [0.25, 0.3) is 0 Å². The number of carbonyl (C=O) groups is 1. The lowest BCUT2D eigenvalue weighted by Crippen LogP contribution is -2.35. The van der Waals surface area contributed by atoms with Crippen molar-refractivity contribution in [1.82, 2.24) is 14.8 Å². The maximum absolute atomic E-state index is 12.2. The summed E-state index contributed by atoms with van der Waals surface area (Å²) in [6, 6.07) is 12.3. The molecule has 1 aliphatic rings. The average molecular weight is 327 g/mol. The summed E-state index contributed by atoms with van der Waals surface area (Å²) in [4.78, 5) is 14.6. The predicted octanol–water partition coefficient (Wildman–Crippen LogP) is 2.10. The lowest BCUT2D eigenvalue weighted by Gasteiger charge is -2.26. The summed E-state index contributed by atoms with van der Waals surface area (Å²) in [6.45, 7) is 7.12. The van der Waals surface area contributed by atoms with Gasteiger partial charge in [-0.25, -0.2) is 0 Å². The van der Waals surface area contributed by atoms with Gasteiger partial charge in [-0.15, -0.1) is 0 Å². The third-order valence-corrected chi connectivity index (χ3v) is 4.59. The van der Waals surface area contributed by atoms with Crippen LogP contribution in [0.15, 0.2) is 36.4 Å². The molecule has 1 aromatic carbocycles. The van der Waals surface area contributed by atoms with E-state index in [4.69, 9.17) is 4.74 Å². The number of aromatic nitrogens is 1. The van der Waals surface area contributed by atoms with Gasteiger partial charge in [0.05, 0.1) is 13.2 Å². The first-order valence-corrected chi connectivity index (χ1v) is 8.42. The van der Waals surface area contributed by atoms with Gasteiger partial charge in [0, 0.05) is 38.9 Å². The molecule has 0 spiro atoms. The van der Waals surface area contributed by atoms with Crippen LogP contribution in [0.5, 0.6) is 0 Å². The molecular weight excluding hydrogens is 302 g/mol. The van der Waals surface area contributed by atoms with E-state index in [-0.39, 0.29) is 5.91 Å². The Hall–Kier alpha value is -2.11. The Bertz CT molecular complexity index is 685. The van der Waals surface area contributed by atoms with Crippen molar-refractivity contribution in [1.29, 1.82) is 0 Å². The van der Waals surface area contributed by atoms with Crippen molar-refractivity contribution >= 4 is 5.91 Å². The number of hydrogen-bond acceptors (Lipinski definition) is 3. The van der Waals surface area contributed by atoms with Crippen molar-refractivity contribution in [2.75, 3.05) is 26.3 Å². The van der Waals surface area contributed by atoms with Crippen molar-refractivity contribution in [3.05, 3.63) is 58.9 Å². The van der Waals surface area contributed by atoms with Gasteiger partial charge in [-0.3, -0.25) is 9.69 Å². The molecule has 5 nitrogen and oxygen atoms in total. The Morgan fingerprint density at radius 1 is 1.08 bits per heavy atom. The van der Waals surface area contributed by atoms with E-state index < -0.39 is 0 Å². The molecule has 1 aliphatic heterocycles. The summed E-state index contributed by atoms with van der Waals surface area (Å²) in [6.07, 6.45) is 0. The molecule has 5 heteroatoms. The van der Waals surface area contributed by atoms with Gasteiger partial charge < -0.3 is 14.6 Å². The van der Waals surface area contributed by atoms with E-state index in [0.29, 0.717) is 12.2 Å². The highest BCUT2D eigenvalue weighted by Crippen LogP contribution is 2.10. The second kappa shape index (κ2) is 7.64. The third kappa shape index (κ3) is 4.04. The molecule has 24 heavy (non-hydrogen) atoms. The van der Waals surface area contributed by atoms with Gasteiger partial charge in [-0.2, -0.15) is 0 Å². The maximum Gasteiger partial charge on any atom is 0.268 e. The van der Waals surface area contributed by atoms with Gasteiger partial charge in [0.25, 0.3) is 5.91 Å². The van der Waals surface area contributed by atoms with Gasteiger partial charge >= 0.3 is 0 Å². The van der Waals surface area contributed by atoms with Crippen molar-refractivity contribution < 1.29 is 9.53 Å². The highest BCUT2D eigenvalue weighted by molar-refractivity contribution is 5.92. The molecule has 1 N–H and O–H groups in total. The predicted molar refractivity (Wildman–Crippen MR) is 93.9 cm³/mol. The number of amides is 1. The van der Waals surface area contributed by atoms with E-state index >= 15 is 0 Å². The Kier molecular flexibility index (Phi) is 5.33. The summed E-state index contributed by atoms with van der Waals surface area (Å²) >= 11 is 0. The van der Waals surface area contributed by atoms with E-state index in [2.05, 4.69) is 34.5 Å². The second-order valence-corrected chi connectivity index (χ2v) is 6.31. The zero-order valence-corrected chi connectivity index (χ0v) is 14.4. The summed E-state index contributed by atoms with van der Waals surface area (Å²) in [5, 5.41) is 2.98. The van der Waals surface area contributed by atoms with E-state index in [0.717, 1.165) is 44.1 Å². The number of nitrogens with zero attached hydrogens (tertiary/aromatic N) is 2. The van der Waals surface area contributed by atoms with Crippen LogP contribution in [0.1, 0.15) is 27.3 Å². The van der Waals surface area contributed by atoms with Gasteiger partial charge in [-0.05, 0) is 30.2 Å².